The molecule has 0 unspecified atom stereocenters. The van der Waals surface area contributed by atoms with Crippen LogP contribution in [0.1, 0.15) is 49.7 Å². The molecule has 0 bridgehead atoms. The fourth-order valence-electron chi connectivity index (χ4n) is 3.40. The molecule has 1 heterocycles. The minimum atomic E-state index is 0.110. The third-order valence-corrected chi connectivity index (χ3v) is 4.25. The summed E-state index contributed by atoms with van der Waals surface area (Å²) in [6.07, 6.45) is 7.80. The van der Waals surface area contributed by atoms with Crippen LogP contribution in [0.5, 0.6) is 0 Å². The molecule has 0 amide bonds. The zero-order chi connectivity index (χ0) is 12.4. The van der Waals surface area contributed by atoms with Gasteiger partial charge in [-0.2, -0.15) is 5.26 Å². The fourth-order valence-corrected chi connectivity index (χ4v) is 3.40. The van der Waals surface area contributed by atoms with Gasteiger partial charge in [-0.25, -0.2) is 0 Å². The van der Waals surface area contributed by atoms with Crippen LogP contribution in [-0.2, 0) is 6.42 Å². The molecule has 0 N–H and O–H groups in total. The van der Waals surface area contributed by atoms with Crippen molar-refractivity contribution in [1.82, 2.24) is 0 Å². The summed E-state index contributed by atoms with van der Waals surface area (Å²) in [5, 5.41) is 9.00. The summed E-state index contributed by atoms with van der Waals surface area (Å²) in [5.41, 5.74) is 3.72. The molecule has 1 saturated carbocycles. The number of hydrogen-bond acceptors (Lipinski definition) is 2. The highest BCUT2D eigenvalue weighted by Gasteiger charge is 2.35. The van der Waals surface area contributed by atoms with Crippen LogP contribution >= 0.6 is 0 Å². The fraction of sp³-hybridized carbons (Fsp3) is 0.500. The SMILES string of the molecule is N#CCC1=NC2(CCCCC2)Cc2ccccc21. The third kappa shape index (κ3) is 1.95. The molecule has 3 rings (SSSR count). The summed E-state index contributed by atoms with van der Waals surface area (Å²) in [7, 11) is 0. The third-order valence-electron chi connectivity index (χ3n) is 4.25. The number of nitrogens with zero attached hydrogens (tertiary/aromatic N) is 2. The van der Waals surface area contributed by atoms with Gasteiger partial charge in [-0.05, 0) is 30.4 Å². The lowest BCUT2D eigenvalue weighted by Gasteiger charge is -2.38. The van der Waals surface area contributed by atoms with Crippen LogP contribution in [0, 0.1) is 11.3 Å². The maximum Gasteiger partial charge on any atom is 0.0776 e. The summed E-state index contributed by atoms with van der Waals surface area (Å²) in [6, 6.07) is 10.7. The Morgan fingerprint density at radius 1 is 1.17 bits per heavy atom. The molecule has 0 atom stereocenters. The zero-order valence-electron chi connectivity index (χ0n) is 10.7. The Labute approximate surface area is 108 Å². The first kappa shape index (κ1) is 11.5. The van der Waals surface area contributed by atoms with Crippen molar-refractivity contribution in [2.75, 3.05) is 0 Å². The van der Waals surface area contributed by atoms with Crippen molar-refractivity contribution in [2.24, 2.45) is 4.99 Å². The molecule has 18 heavy (non-hydrogen) atoms. The molecule has 92 valence electrons. The van der Waals surface area contributed by atoms with Crippen molar-refractivity contribution < 1.29 is 0 Å². The monoisotopic (exact) mass is 238 g/mol. The number of nitriles is 1. The highest BCUT2D eigenvalue weighted by atomic mass is 14.9. The maximum atomic E-state index is 9.00. The van der Waals surface area contributed by atoms with Crippen molar-refractivity contribution in [1.29, 1.82) is 5.26 Å². The molecule has 0 radical (unpaired) electrons. The molecule has 1 aromatic carbocycles. The van der Waals surface area contributed by atoms with Crippen LogP contribution in [0.3, 0.4) is 0 Å². The van der Waals surface area contributed by atoms with E-state index in [0.29, 0.717) is 6.42 Å². The Balaban J connectivity index is 2.03. The number of aliphatic imine (C=N–C) groups is 1. The van der Waals surface area contributed by atoms with E-state index in [1.165, 1.54) is 43.2 Å². The second kappa shape index (κ2) is 4.57. The van der Waals surface area contributed by atoms with E-state index < -0.39 is 0 Å². The molecule has 2 aliphatic rings. The van der Waals surface area contributed by atoms with Gasteiger partial charge in [0.25, 0.3) is 0 Å². The lowest BCUT2D eigenvalue weighted by atomic mass is 9.74. The van der Waals surface area contributed by atoms with Crippen molar-refractivity contribution in [3.05, 3.63) is 35.4 Å². The second-order valence-corrected chi connectivity index (χ2v) is 5.51. The predicted molar refractivity (Wildman–Crippen MR) is 72.7 cm³/mol. The maximum absolute atomic E-state index is 9.00. The Morgan fingerprint density at radius 2 is 1.94 bits per heavy atom. The van der Waals surface area contributed by atoms with E-state index in [2.05, 4.69) is 24.3 Å². The van der Waals surface area contributed by atoms with Gasteiger partial charge in [0, 0.05) is 0 Å². The van der Waals surface area contributed by atoms with Gasteiger partial charge in [0.05, 0.1) is 23.7 Å². The van der Waals surface area contributed by atoms with Crippen molar-refractivity contribution in [2.45, 2.75) is 50.5 Å². The van der Waals surface area contributed by atoms with Gasteiger partial charge < -0.3 is 0 Å². The molecule has 1 aromatic rings. The van der Waals surface area contributed by atoms with E-state index >= 15 is 0 Å². The Morgan fingerprint density at radius 3 is 2.72 bits per heavy atom. The molecule has 1 spiro atoms. The summed E-state index contributed by atoms with van der Waals surface area (Å²) in [5.74, 6) is 0. The van der Waals surface area contributed by atoms with E-state index in [-0.39, 0.29) is 5.54 Å². The van der Waals surface area contributed by atoms with Gasteiger partial charge in [-0.1, -0.05) is 43.5 Å². The molecule has 0 saturated heterocycles. The molecule has 0 aromatic heterocycles. The molecule has 1 fully saturated rings. The molecule has 2 nitrogen and oxygen atoms in total. The van der Waals surface area contributed by atoms with Crippen molar-refractivity contribution >= 4 is 5.71 Å². The number of benzene rings is 1. The zero-order valence-corrected chi connectivity index (χ0v) is 10.7. The van der Waals surface area contributed by atoms with Crippen LogP contribution in [0.25, 0.3) is 0 Å². The lowest BCUT2D eigenvalue weighted by molar-refractivity contribution is 0.294. The van der Waals surface area contributed by atoms with E-state index in [1.54, 1.807) is 0 Å². The number of rotatable bonds is 1. The smallest absolute Gasteiger partial charge is 0.0776 e. The first-order chi connectivity index (χ1) is 8.83. The Bertz CT molecular complexity index is 516. The van der Waals surface area contributed by atoms with E-state index in [0.717, 1.165) is 12.1 Å². The second-order valence-electron chi connectivity index (χ2n) is 5.51. The molecule has 2 heteroatoms. The van der Waals surface area contributed by atoms with Gasteiger partial charge in [0.15, 0.2) is 0 Å². The van der Waals surface area contributed by atoms with Crippen LogP contribution in [0.15, 0.2) is 29.3 Å². The minimum Gasteiger partial charge on any atom is -0.281 e. The van der Waals surface area contributed by atoms with Gasteiger partial charge >= 0.3 is 0 Å². The first-order valence-electron chi connectivity index (χ1n) is 6.87. The summed E-state index contributed by atoms with van der Waals surface area (Å²) < 4.78 is 0. The summed E-state index contributed by atoms with van der Waals surface area (Å²) in [6.45, 7) is 0. The Kier molecular flexibility index (Phi) is 2.91. The minimum absolute atomic E-state index is 0.110. The standard InChI is InChI=1S/C16H18N2/c17-11-8-15-14-7-3-2-6-13(14)12-16(18-15)9-4-1-5-10-16/h2-3,6-7H,1,4-5,8-10,12H2. The number of hydrogen-bond donors (Lipinski definition) is 0. The van der Waals surface area contributed by atoms with E-state index in [4.69, 9.17) is 10.3 Å². The van der Waals surface area contributed by atoms with E-state index in [1.807, 2.05) is 6.07 Å². The summed E-state index contributed by atoms with van der Waals surface area (Å²) in [4.78, 5) is 5.00. The van der Waals surface area contributed by atoms with Crippen molar-refractivity contribution in [3.63, 3.8) is 0 Å². The molecular weight excluding hydrogens is 220 g/mol. The quantitative estimate of drug-likeness (QED) is 0.735. The predicted octanol–water partition coefficient (Wildman–Crippen LogP) is 3.65. The number of fused-ring (bicyclic) bond motifs is 1. The normalized spacial score (nSPS) is 20.9. The van der Waals surface area contributed by atoms with E-state index in [9.17, 15) is 0 Å². The van der Waals surface area contributed by atoms with Crippen LogP contribution < -0.4 is 0 Å². The van der Waals surface area contributed by atoms with Gasteiger partial charge in [-0.15, -0.1) is 0 Å². The van der Waals surface area contributed by atoms with Crippen LogP contribution in [0.2, 0.25) is 0 Å². The average molecular weight is 238 g/mol. The highest BCUT2D eigenvalue weighted by molar-refractivity contribution is 6.04. The molecule has 1 aliphatic heterocycles. The lowest BCUT2D eigenvalue weighted by Crippen LogP contribution is -2.37. The van der Waals surface area contributed by atoms with Gasteiger partial charge in [0.2, 0.25) is 0 Å². The van der Waals surface area contributed by atoms with Crippen LogP contribution in [0.4, 0.5) is 0 Å². The van der Waals surface area contributed by atoms with Gasteiger partial charge in [0.1, 0.15) is 0 Å². The summed E-state index contributed by atoms with van der Waals surface area (Å²) >= 11 is 0. The topological polar surface area (TPSA) is 36.1 Å². The highest BCUT2D eigenvalue weighted by Crippen LogP contribution is 2.39. The van der Waals surface area contributed by atoms with Crippen LogP contribution in [-0.4, -0.2) is 11.3 Å². The first-order valence-corrected chi connectivity index (χ1v) is 6.87. The van der Waals surface area contributed by atoms with Gasteiger partial charge in [-0.3, -0.25) is 4.99 Å². The largest absolute Gasteiger partial charge is 0.281 e. The Hall–Kier alpha value is -1.62. The average Bonchev–Trinajstić information content (AvgIpc) is 2.40. The molecular formula is C16H18N2. The van der Waals surface area contributed by atoms with Crippen molar-refractivity contribution in [3.8, 4) is 6.07 Å². The molecule has 1 aliphatic carbocycles.